The number of hydrogen-bond acceptors (Lipinski definition) is 4. The Kier molecular flexibility index (Phi) is 1.42. The Labute approximate surface area is 83.3 Å². The molecule has 1 aliphatic carbocycles. The predicted molar refractivity (Wildman–Crippen MR) is 47.9 cm³/mol. The van der Waals surface area contributed by atoms with Gasteiger partial charge in [0.2, 0.25) is 0 Å². The number of anilines is 1. The van der Waals surface area contributed by atoms with Crippen molar-refractivity contribution in [3.63, 3.8) is 0 Å². The van der Waals surface area contributed by atoms with Crippen LogP contribution in [-0.4, -0.2) is 23.2 Å². The number of rotatable bonds is 1. The second-order valence-corrected chi connectivity index (χ2v) is 4.52. The van der Waals surface area contributed by atoms with E-state index in [-0.39, 0.29) is 10.7 Å². The van der Waals surface area contributed by atoms with Crippen LogP contribution in [0.4, 0.5) is 14.3 Å². The molecule has 1 saturated carbocycles. The van der Waals surface area contributed by atoms with Gasteiger partial charge in [-0.05, 0) is 12.8 Å². The zero-order valence-electron chi connectivity index (χ0n) is 7.20. The van der Waals surface area contributed by atoms with E-state index >= 15 is 0 Å². The lowest BCUT2D eigenvalue weighted by atomic mass is 10.3. The highest BCUT2D eigenvalue weighted by molar-refractivity contribution is 7.14. The molecule has 2 heterocycles. The minimum Gasteiger partial charge on any atom is -0.447 e. The molecule has 0 radical (unpaired) electrons. The van der Waals surface area contributed by atoms with Crippen molar-refractivity contribution >= 4 is 22.6 Å². The number of aromatic nitrogens is 1. The first-order valence-electron chi connectivity index (χ1n) is 4.30. The number of carbonyl (C=O) groups excluding carboxylic acids is 1. The van der Waals surface area contributed by atoms with Crippen LogP contribution in [0, 0.1) is 5.13 Å². The molecule has 74 valence electrons. The highest BCUT2D eigenvalue weighted by Gasteiger charge is 2.58. The number of thiazole rings is 1. The van der Waals surface area contributed by atoms with E-state index < -0.39 is 6.09 Å². The zero-order valence-corrected chi connectivity index (χ0v) is 8.01. The maximum absolute atomic E-state index is 12.8. The summed E-state index contributed by atoms with van der Waals surface area (Å²) in [6, 6.07) is 0. The maximum atomic E-state index is 12.8. The van der Waals surface area contributed by atoms with Gasteiger partial charge in [0.05, 0.1) is 11.7 Å². The molecule has 0 unspecified atom stereocenters. The van der Waals surface area contributed by atoms with Gasteiger partial charge in [0.1, 0.15) is 6.61 Å². The largest absolute Gasteiger partial charge is 0.447 e. The highest BCUT2D eigenvalue weighted by Crippen LogP contribution is 2.48. The third-order valence-electron chi connectivity index (χ3n) is 2.60. The SMILES string of the molecule is O=C1OCC2(CC2)N1c1ncc(F)s1. The number of hydrogen-bond donors (Lipinski definition) is 0. The molecule has 0 bridgehead atoms. The van der Waals surface area contributed by atoms with Crippen molar-refractivity contribution in [3.05, 3.63) is 11.3 Å². The van der Waals surface area contributed by atoms with Crippen LogP contribution in [0.25, 0.3) is 0 Å². The van der Waals surface area contributed by atoms with E-state index in [1.807, 2.05) is 0 Å². The van der Waals surface area contributed by atoms with Gasteiger partial charge in [-0.2, -0.15) is 4.39 Å². The van der Waals surface area contributed by atoms with Gasteiger partial charge in [-0.25, -0.2) is 14.7 Å². The minimum atomic E-state index is -0.406. The Morgan fingerprint density at radius 2 is 2.43 bits per heavy atom. The summed E-state index contributed by atoms with van der Waals surface area (Å²) in [5.41, 5.74) is -0.207. The summed E-state index contributed by atoms with van der Waals surface area (Å²) < 4.78 is 17.7. The normalized spacial score (nSPS) is 22.9. The Bertz CT molecular complexity index is 402. The number of nitrogens with zero attached hydrogens (tertiary/aromatic N) is 2. The van der Waals surface area contributed by atoms with E-state index in [1.165, 1.54) is 4.90 Å². The van der Waals surface area contributed by atoms with E-state index in [0.29, 0.717) is 11.7 Å². The van der Waals surface area contributed by atoms with Crippen LogP contribution >= 0.6 is 11.3 Å². The summed E-state index contributed by atoms with van der Waals surface area (Å²) in [6.07, 6.45) is 2.55. The summed E-state index contributed by atoms with van der Waals surface area (Å²) in [7, 11) is 0. The fraction of sp³-hybridized carbons (Fsp3) is 0.500. The van der Waals surface area contributed by atoms with Crippen LogP contribution in [0.3, 0.4) is 0 Å². The molecule has 1 aromatic heterocycles. The van der Waals surface area contributed by atoms with Crippen molar-refractivity contribution in [2.75, 3.05) is 11.5 Å². The second-order valence-electron chi connectivity index (χ2n) is 3.56. The van der Waals surface area contributed by atoms with Gasteiger partial charge in [0.25, 0.3) is 0 Å². The fourth-order valence-electron chi connectivity index (χ4n) is 1.66. The van der Waals surface area contributed by atoms with Crippen molar-refractivity contribution in [2.24, 2.45) is 0 Å². The molecule has 1 aliphatic heterocycles. The lowest BCUT2D eigenvalue weighted by Gasteiger charge is -2.16. The molecule has 6 heteroatoms. The van der Waals surface area contributed by atoms with Gasteiger partial charge in [0.15, 0.2) is 10.3 Å². The lowest BCUT2D eigenvalue weighted by molar-refractivity contribution is 0.178. The molecular weight excluding hydrogens is 207 g/mol. The Morgan fingerprint density at radius 3 is 3.00 bits per heavy atom. The molecule has 1 saturated heterocycles. The average Bonchev–Trinajstić information content (AvgIpc) is 2.68. The van der Waals surface area contributed by atoms with Crippen molar-refractivity contribution in [1.29, 1.82) is 0 Å². The average molecular weight is 214 g/mol. The van der Waals surface area contributed by atoms with Crippen molar-refractivity contribution in [2.45, 2.75) is 18.4 Å². The molecule has 14 heavy (non-hydrogen) atoms. The van der Waals surface area contributed by atoms with Gasteiger partial charge in [-0.3, -0.25) is 0 Å². The first kappa shape index (κ1) is 8.16. The molecule has 1 aromatic rings. The second kappa shape index (κ2) is 2.44. The quantitative estimate of drug-likeness (QED) is 0.715. The van der Waals surface area contributed by atoms with Crippen LogP contribution in [0.15, 0.2) is 6.20 Å². The zero-order chi connectivity index (χ0) is 9.76. The molecule has 0 atom stereocenters. The van der Waals surface area contributed by atoms with E-state index in [1.54, 1.807) is 0 Å². The van der Waals surface area contributed by atoms with Crippen molar-refractivity contribution in [3.8, 4) is 0 Å². The molecule has 0 aromatic carbocycles. The van der Waals surface area contributed by atoms with Gasteiger partial charge >= 0.3 is 6.09 Å². The van der Waals surface area contributed by atoms with E-state index in [0.717, 1.165) is 30.4 Å². The number of halogens is 1. The number of ether oxygens (including phenoxy) is 1. The Balaban J connectivity index is 2.00. The highest BCUT2D eigenvalue weighted by atomic mass is 32.1. The minimum absolute atomic E-state index is 0.207. The summed E-state index contributed by atoms with van der Waals surface area (Å²) >= 11 is 0.878. The summed E-state index contributed by atoms with van der Waals surface area (Å²) in [5, 5.41) is 0.0259. The van der Waals surface area contributed by atoms with E-state index in [2.05, 4.69) is 4.98 Å². The van der Waals surface area contributed by atoms with Crippen LogP contribution in [0.2, 0.25) is 0 Å². The number of amides is 1. The first-order chi connectivity index (χ1) is 6.71. The van der Waals surface area contributed by atoms with E-state index in [4.69, 9.17) is 4.74 Å². The molecule has 1 spiro atoms. The monoisotopic (exact) mass is 214 g/mol. The standard InChI is InChI=1S/C8H7FN2O2S/c9-5-3-10-6(14-5)11-7(12)13-4-8(11)1-2-8/h3H,1-2,4H2. The van der Waals surface area contributed by atoms with Crippen LogP contribution < -0.4 is 4.90 Å². The van der Waals surface area contributed by atoms with Crippen molar-refractivity contribution in [1.82, 2.24) is 4.98 Å². The van der Waals surface area contributed by atoms with Gasteiger partial charge in [0, 0.05) is 0 Å². The first-order valence-corrected chi connectivity index (χ1v) is 5.11. The van der Waals surface area contributed by atoms with Crippen LogP contribution in [0.5, 0.6) is 0 Å². The Morgan fingerprint density at radius 1 is 1.64 bits per heavy atom. The molecular formula is C8H7FN2O2S. The van der Waals surface area contributed by atoms with Gasteiger partial charge in [-0.1, -0.05) is 11.3 Å². The molecule has 0 N–H and O–H groups in total. The summed E-state index contributed by atoms with van der Waals surface area (Å²) in [5.74, 6) is 0. The van der Waals surface area contributed by atoms with Gasteiger partial charge < -0.3 is 4.74 Å². The van der Waals surface area contributed by atoms with E-state index in [9.17, 15) is 9.18 Å². The van der Waals surface area contributed by atoms with Crippen LogP contribution in [-0.2, 0) is 4.74 Å². The molecule has 3 rings (SSSR count). The molecule has 2 aliphatic rings. The fourth-order valence-corrected chi connectivity index (χ4v) is 2.41. The predicted octanol–water partition coefficient (Wildman–Crippen LogP) is 1.77. The lowest BCUT2D eigenvalue weighted by Crippen LogP contribution is -2.35. The topological polar surface area (TPSA) is 42.4 Å². The smallest absolute Gasteiger partial charge is 0.416 e. The van der Waals surface area contributed by atoms with Gasteiger partial charge in [-0.15, -0.1) is 0 Å². The maximum Gasteiger partial charge on any atom is 0.416 e. The Hall–Kier alpha value is -1.17. The summed E-state index contributed by atoms with van der Waals surface area (Å²) in [4.78, 5) is 16.7. The van der Waals surface area contributed by atoms with Crippen LogP contribution in [0.1, 0.15) is 12.8 Å². The third kappa shape index (κ3) is 0.971. The van der Waals surface area contributed by atoms with Crippen molar-refractivity contribution < 1.29 is 13.9 Å². The third-order valence-corrected chi connectivity index (χ3v) is 3.38. The number of carbonyl (C=O) groups is 1. The molecule has 1 amide bonds. The summed E-state index contributed by atoms with van der Waals surface area (Å²) in [6.45, 7) is 0.410. The molecule has 4 nitrogen and oxygen atoms in total. The number of cyclic esters (lactones) is 1. The molecule has 2 fully saturated rings.